The van der Waals surface area contributed by atoms with E-state index in [1.165, 1.54) is 12.8 Å². The predicted molar refractivity (Wildman–Crippen MR) is 105 cm³/mol. The van der Waals surface area contributed by atoms with Gasteiger partial charge in [0.15, 0.2) is 17.5 Å². The van der Waals surface area contributed by atoms with Gasteiger partial charge in [-0.1, -0.05) is 19.4 Å². The summed E-state index contributed by atoms with van der Waals surface area (Å²) < 4.78 is 11.4. The average molecular weight is 433 g/mol. The number of fused-ring (bicyclic) bond motifs is 1. The zero-order chi connectivity index (χ0) is 15.8. The molecule has 0 atom stereocenters. The highest BCUT2D eigenvalue weighted by molar-refractivity contribution is 14.0. The summed E-state index contributed by atoms with van der Waals surface area (Å²) in [6, 6.07) is 6.11. The minimum atomic E-state index is 0. The van der Waals surface area contributed by atoms with Crippen molar-refractivity contribution in [2.45, 2.75) is 32.7 Å². The Bertz CT molecular complexity index is 509. The van der Waals surface area contributed by atoms with Gasteiger partial charge in [-0.25, -0.2) is 0 Å². The molecule has 0 fully saturated rings. The molecule has 0 saturated carbocycles. The van der Waals surface area contributed by atoms with Crippen molar-refractivity contribution in [2.75, 3.05) is 33.9 Å². The molecule has 1 aliphatic rings. The quantitative estimate of drug-likeness (QED) is 0.440. The molecular formula is C17H28IN3O2. The minimum Gasteiger partial charge on any atom is -0.490 e. The van der Waals surface area contributed by atoms with E-state index in [9.17, 15) is 0 Å². The fourth-order valence-electron chi connectivity index (χ4n) is 2.38. The molecule has 1 aromatic rings. The van der Waals surface area contributed by atoms with E-state index in [-0.39, 0.29) is 24.0 Å². The maximum atomic E-state index is 5.73. The Kier molecular flexibility index (Phi) is 9.13. The van der Waals surface area contributed by atoms with Crippen LogP contribution >= 0.6 is 24.0 Å². The maximum absolute atomic E-state index is 5.73. The van der Waals surface area contributed by atoms with Gasteiger partial charge in [-0.3, -0.25) is 4.99 Å². The van der Waals surface area contributed by atoms with Gasteiger partial charge in [0.25, 0.3) is 0 Å². The van der Waals surface area contributed by atoms with E-state index in [0.717, 1.165) is 49.1 Å². The van der Waals surface area contributed by atoms with Crippen LogP contribution in [0.15, 0.2) is 23.2 Å². The summed E-state index contributed by atoms with van der Waals surface area (Å²) in [6.45, 7) is 5.36. The number of hydrogen-bond donors (Lipinski definition) is 1. The Morgan fingerprint density at radius 1 is 1.26 bits per heavy atom. The summed E-state index contributed by atoms with van der Waals surface area (Å²) in [4.78, 5) is 6.49. The van der Waals surface area contributed by atoms with Gasteiger partial charge in [0.05, 0.1) is 13.2 Å². The van der Waals surface area contributed by atoms with Crippen LogP contribution < -0.4 is 14.8 Å². The van der Waals surface area contributed by atoms with Gasteiger partial charge in [-0.2, -0.15) is 0 Å². The topological polar surface area (TPSA) is 46.1 Å². The fourth-order valence-corrected chi connectivity index (χ4v) is 2.38. The molecule has 23 heavy (non-hydrogen) atoms. The molecule has 2 rings (SSSR count). The second-order valence-corrected chi connectivity index (χ2v) is 5.51. The van der Waals surface area contributed by atoms with Gasteiger partial charge in [-0.15, -0.1) is 24.0 Å². The molecule has 1 heterocycles. The molecule has 130 valence electrons. The van der Waals surface area contributed by atoms with Gasteiger partial charge < -0.3 is 19.7 Å². The monoisotopic (exact) mass is 433 g/mol. The molecule has 0 amide bonds. The normalized spacial score (nSPS) is 13.8. The van der Waals surface area contributed by atoms with Gasteiger partial charge in [0.2, 0.25) is 0 Å². The van der Waals surface area contributed by atoms with Crippen molar-refractivity contribution < 1.29 is 9.47 Å². The van der Waals surface area contributed by atoms with Gasteiger partial charge in [0.1, 0.15) is 0 Å². The van der Waals surface area contributed by atoms with Crippen LogP contribution in [0.2, 0.25) is 0 Å². The number of aliphatic imine (C=N–C) groups is 1. The molecule has 0 radical (unpaired) electrons. The van der Waals surface area contributed by atoms with Crippen LogP contribution in [-0.4, -0.2) is 44.7 Å². The Hall–Kier alpha value is -1.18. The second-order valence-electron chi connectivity index (χ2n) is 5.51. The highest BCUT2D eigenvalue weighted by Crippen LogP contribution is 2.30. The summed E-state index contributed by atoms with van der Waals surface area (Å²) in [6.07, 6.45) is 3.28. The van der Waals surface area contributed by atoms with Crippen LogP contribution in [0, 0.1) is 0 Å². The molecule has 0 saturated heterocycles. The lowest BCUT2D eigenvalue weighted by Crippen LogP contribution is -2.38. The van der Waals surface area contributed by atoms with Crippen molar-refractivity contribution in [3.63, 3.8) is 0 Å². The number of ether oxygens (including phenoxy) is 2. The lowest BCUT2D eigenvalue weighted by atomic mass is 10.2. The van der Waals surface area contributed by atoms with Crippen LogP contribution in [0.3, 0.4) is 0 Å². The first-order chi connectivity index (χ1) is 10.7. The van der Waals surface area contributed by atoms with Crippen molar-refractivity contribution in [2.24, 2.45) is 4.99 Å². The van der Waals surface area contributed by atoms with Crippen LogP contribution in [0.1, 0.15) is 31.7 Å². The third-order valence-corrected chi connectivity index (χ3v) is 3.68. The van der Waals surface area contributed by atoms with Crippen LogP contribution in [0.4, 0.5) is 0 Å². The number of nitrogens with one attached hydrogen (secondary N) is 1. The van der Waals surface area contributed by atoms with Crippen LogP contribution in [0.25, 0.3) is 0 Å². The molecule has 0 aromatic heterocycles. The minimum absolute atomic E-state index is 0. The Balaban J connectivity index is 0.00000264. The standard InChI is InChI=1S/C17H27N3O2.HI/c1-4-5-9-20(3)17(18-2)19-13-14-7-8-15-16(12-14)22-11-6-10-21-15;/h7-8,12H,4-6,9-11,13H2,1-3H3,(H,18,19);1H. The maximum Gasteiger partial charge on any atom is 0.193 e. The number of benzene rings is 1. The lowest BCUT2D eigenvalue weighted by molar-refractivity contribution is 0.297. The summed E-state index contributed by atoms with van der Waals surface area (Å²) in [5.41, 5.74) is 1.16. The number of hydrogen-bond acceptors (Lipinski definition) is 3. The molecule has 0 bridgehead atoms. The van der Waals surface area contributed by atoms with Crippen molar-refractivity contribution >= 4 is 29.9 Å². The lowest BCUT2D eigenvalue weighted by Gasteiger charge is -2.22. The summed E-state index contributed by atoms with van der Waals surface area (Å²) in [7, 11) is 3.89. The molecule has 1 aromatic carbocycles. The first kappa shape index (κ1) is 19.9. The molecular weight excluding hydrogens is 405 g/mol. The summed E-state index contributed by atoms with van der Waals surface area (Å²) in [5, 5.41) is 3.40. The SMILES string of the molecule is CCCCN(C)C(=NC)NCc1ccc2c(c1)OCCCO2.I. The molecule has 0 aliphatic carbocycles. The van der Waals surface area contributed by atoms with Gasteiger partial charge in [-0.05, 0) is 24.1 Å². The zero-order valence-corrected chi connectivity index (χ0v) is 16.6. The number of nitrogens with zero attached hydrogens (tertiary/aromatic N) is 2. The Morgan fingerprint density at radius 3 is 2.70 bits per heavy atom. The largest absolute Gasteiger partial charge is 0.490 e. The van der Waals surface area contributed by atoms with Gasteiger partial charge in [0, 0.05) is 33.6 Å². The highest BCUT2D eigenvalue weighted by atomic mass is 127. The first-order valence-corrected chi connectivity index (χ1v) is 8.05. The number of unbranched alkanes of at least 4 members (excludes halogenated alkanes) is 1. The number of halogens is 1. The van der Waals surface area contributed by atoms with E-state index < -0.39 is 0 Å². The van der Waals surface area contributed by atoms with Crippen molar-refractivity contribution in [3.8, 4) is 11.5 Å². The van der Waals surface area contributed by atoms with E-state index >= 15 is 0 Å². The van der Waals surface area contributed by atoms with Crippen molar-refractivity contribution in [3.05, 3.63) is 23.8 Å². The summed E-state index contributed by atoms with van der Waals surface area (Å²) in [5.74, 6) is 2.59. The third kappa shape index (κ3) is 6.08. The van der Waals surface area contributed by atoms with Crippen molar-refractivity contribution in [1.29, 1.82) is 0 Å². The molecule has 1 N–H and O–H groups in total. The first-order valence-electron chi connectivity index (χ1n) is 8.05. The highest BCUT2D eigenvalue weighted by Gasteiger charge is 2.11. The molecule has 0 unspecified atom stereocenters. The van der Waals surface area contributed by atoms with E-state index in [4.69, 9.17) is 9.47 Å². The molecule has 5 nitrogen and oxygen atoms in total. The third-order valence-electron chi connectivity index (χ3n) is 3.68. The Morgan fingerprint density at radius 2 is 2.00 bits per heavy atom. The molecule has 0 spiro atoms. The van der Waals surface area contributed by atoms with Gasteiger partial charge >= 0.3 is 0 Å². The smallest absolute Gasteiger partial charge is 0.193 e. The fraction of sp³-hybridized carbons (Fsp3) is 0.588. The number of rotatable bonds is 5. The zero-order valence-electron chi connectivity index (χ0n) is 14.3. The predicted octanol–water partition coefficient (Wildman–Crippen LogP) is 3.27. The van der Waals surface area contributed by atoms with E-state index in [2.05, 4.69) is 35.2 Å². The average Bonchev–Trinajstić information content (AvgIpc) is 2.78. The second kappa shape index (κ2) is 10.6. The Labute approximate surface area is 156 Å². The molecule has 6 heteroatoms. The summed E-state index contributed by atoms with van der Waals surface area (Å²) >= 11 is 0. The van der Waals surface area contributed by atoms with E-state index in [0.29, 0.717) is 6.61 Å². The van der Waals surface area contributed by atoms with E-state index in [1.807, 2.05) is 19.2 Å². The van der Waals surface area contributed by atoms with Crippen LogP contribution in [0.5, 0.6) is 11.5 Å². The molecule has 1 aliphatic heterocycles. The van der Waals surface area contributed by atoms with Crippen molar-refractivity contribution in [1.82, 2.24) is 10.2 Å². The van der Waals surface area contributed by atoms with E-state index in [1.54, 1.807) is 0 Å². The number of guanidine groups is 1. The van der Waals surface area contributed by atoms with Crippen LogP contribution in [-0.2, 0) is 6.54 Å².